The molecule has 20 heavy (non-hydrogen) atoms. The lowest BCUT2D eigenvalue weighted by molar-refractivity contribution is 0.549. The molecule has 3 aromatic heterocycles. The third kappa shape index (κ3) is 1.67. The van der Waals surface area contributed by atoms with E-state index in [9.17, 15) is 0 Å². The molecule has 0 fully saturated rings. The summed E-state index contributed by atoms with van der Waals surface area (Å²) in [6.07, 6.45) is 1.66. The largest absolute Gasteiger partial charge is 0.464 e. The molecular weight excluding hydrogens is 272 g/mol. The number of rotatable bonds is 2. The van der Waals surface area contributed by atoms with Gasteiger partial charge in [0, 0.05) is 11.1 Å². The first-order valence-electron chi connectivity index (χ1n) is 6.19. The lowest BCUT2D eigenvalue weighted by Gasteiger charge is -2.02. The van der Waals surface area contributed by atoms with Gasteiger partial charge in [-0.15, -0.1) is 0 Å². The van der Waals surface area contributed by atoms with E-state index in [4.69, 9.17) is 8.83 Å². The van der Waals surface area contributed by atoms with Crippen LogP contribution in [0.5, 0.6) is 0 Å². The summed E-state index contributed by atoms with van der Waals surface area (Å²) in [5.41, 5.74) is 3.60. The number of benzene rings is 1. The maximum atomic E-state index is 5.69. The molecule has 0 amide bonds. The van der Waals surface area contributed by atoms with Crippen molar-refractivity contribution >= 4 is 22.8 Å². The highest BCUT2D eigenvalue weighted by Crippen LogP contribution is 2.35. The summed E-state index contributed by atoms with van der Waals surface area (Å²) in [6.45, 7) is 1.93. The van der Waals surface area contributed by atoms with Gasteiger partial charge in [-0.3, -0.25) is 0 Å². The van der Waals surface area contributed by atoms with Crippen LogP contribution in [0, 0.1) is 6.92 Å². The molecule has 0 spiro atoms. The Morgan fingerprint density at radius 3 is 2.25 bits per heavy atom. The number of fused-ring (bicyclic) bond motifs is 1. The van der Waals surface area contributed by atoms with E-state index < -0.39 is 0 Å². The second-order valence-electron chi connectivity index (χ2n) is 4.51. The maximum absolute atomic E-state index is 5.69. The van der Waals surface area contributed by atoms with Gasteiger partial charge < -0.3 is 8.83 Å². The van der Waals surface area contributed by atoms with E-state index in [1.54, 1.807) is 6.26 Å². The fourth-order valence-corrected chi connectivity index (χ4v) is 2.85. The van der Waals surface area contributed by atoms with Crippen LogP contribution in [0.15, 0.2) is 51.5 Å². The van der Waals surface area contributed by atoms with E-state index in [1.165, 1.54) is 11.7 Å². The topological polar surface area (TPSA) is 52.1 Å². The summed E-state index contributed by atoms with van der Waals surface area (Å²) >= 11 is 1.20. The molecule has 4 aromatic rings. The van der Waals surface area contributed by atoms with Crippen LogP contribution in [0.3, 0.4) is 0 Å². The van der Waals surface area contributed by atoms with Gasteiger partial charge in [0.15, 0.2) is 0 Å². The highest BCUT2D eigenvalue weighted by molar-refractivity contribution is 7.00. The molecule has 0 aliphatic heterocycles. The van der Waals surface area contributed by atoms with Gasteiger partial charge in [-0.05, 0) is 43.3 Å². The van der Waals surface area contributed by atoms with Crippen molar-refractivity contribution in [2.45, 2.75) is 6.92 Å². The van der Waals surface area contributed by atoms with Gasteiger partial charge >= 0.3 is 0 Å². The summed E-state index contributed by atoms with van der Waals surface area (Å²) in [7, 11) is 0. The molecule has 4 rings (SSSR count). The molecular formula is C15H10N2O2S. The Kier molecular flexibility index (Phi) is 2.47. The molecule has 1 aromatic carbocycles. The Morgan fingerprint density at radius 2 is 1.65 bits per heavy atom. The monoisotopic (exact) mass is 282 g/mol. The molecule has 5 heteroatoms. The van der Waals surface area contributed by atoms with Crippen molar-refractivity contribution in [1.29, 1.82) is 0 Å². The summed E-state index contributed by atoms with van der Waals surface area (Å²) in [4.78, 5) is 0. The first-order chi connectivity index (χ1) is 9.83. The van der Waals surface area contributed by atoms with Gasteiger partial charge in [0.2, 0.25) is 0 Å². The molecule has 0 unspecified atom stereocenters. The van der Waals surface area contributed by atoms with Crippen molar-refractivity contribution in [3.8, 4) is 22.6 Å². The molecule has 4 nitrogen and oxygen atoms in total. The number of aryl methyl sites for hydroxylation is 1. The van der Waals surface area contributed by atoms with Crippen LogP contribution in [0.2, 0.25) is 0 Å². The molecule has 0 radical (unpaired) electrons. The number of aromatic nitrogens is 2. The van der Waals surface area contributed by atoms with Crippen LogP contribution in [-0.2, 0) is 0 Å². The fraction of sp³-hybridized carbons (Fsp3) is 0.0667. The molecule has 0 aliphatic carbocycles. The van der Waals surface area contributed by atoms with E-state index in [0.717, 1.165) is 39.4 Å². The van der Waals surface area contributed by atoms with Gasteiger partial charge in [0.05, 0.1) is 18.0 Å². The maximum Gasteiger partial charge on any atom is 0.136 e. The minimum atomic E-state index is 0.796. The average molecular weight is 282 g/mol. The smallest absolute Gasteiger partial charge is 0.136 e. The first kappa shape index (κ1) is 11.4. The molecule has 0 saturated heterocycles. The van der Waals surface area contributed by atoms with Gasteiger partial charge in [-0.25, -0.2) is 0 Å². The average Bonchev–Trinajstić information content (AvgIpc) is 3.18. The van der Waals surface area contributed by atoms with Crippen LogP contribution in [-0.4, -0.2) is 8.75 Å². The zero-order chi connectivity index (χ0) is 13.5. The van der Waals surface area contributed by atoms with E-state index in [2.05, 4.69) is 8.75 Å². The second kappa shape index (κ2) is 4.31. The zero-order valence-electron chi connectivity index (χ0n) is 10.7. The van der Waals surface area contributed by atoms with Crippen molar-refractivity contribution in [2.24, 2.45) is 0 Å². The van der Waals surface area contributed by atoms with Crippen LogP contribution in [0.25, 0.3) is 33.7 Å². The molecule has 0 bridgehead atoms. The highest BCUT2D eigenvalue weighted by atomic mass is 32.1. The van der Waals surface area contributed by atoms with Gasteiger partial charge in [-0.1, -0.05) is 0 Å². The normalized spacial score (nSPS) is 11.2. The standard InChI is InChI=1S/C15H10N2O2S/c1-9-4-7-13(19-9)11-6-5-10(12-3-2-8-18-12)14-15(11)17-20-16-14/h2-8H,1H3. The summed E-state index contributed by atoms with van der Waals surface area (Å²) < 4.78 is 20.0. The SMILES string of the molecule is Cc1ccc(-c2ccc(-c3ccco3)c3nsnc23)o1. The highest BCUT2D eigenvalue weighted by Gasteiger charge is 2.16. The Morgan fingerprint density at radius 1 is 0.900 bits per heavy atom. The van der Waals surface area contributed by atoms with Crippen molar-refractivity contribution in [1.82, 2.24) is 8.75 Å². The minimum Gasteiger partial charge on any atom is -0.464 e. The number of hydrogen-bond donors (Lipinski definition) is 0. The molecule has 0 atom stereocenters. The molecule has 0 N–H and O–H groups in total. The number of nitrogens with zero attached hydrogens (tertiary/aromatic N) is 2. The summed E-state index contributed by atoms with van der Waals surface area (Å²) in [6, 6.07) is 11.7. The molecule has 0 saturated carbocycles. The Hall–Kier alpha value is -2.40. The van der Waals surface area contributed by atoms with Gasteiger partial charge in [0.1, 0.15) is 28.3 Å². The van der Waals surface area contributed by atoms with E-state index in [-0.39, 0.29) is 0 Å². The van der Waals surface area contributed by atoms with Gasteiger partial charge in [0.25, 0.3) is 0 Å². The van der Waals surface area contributed by atoms with Gasteiger partial charge in [-0.2, -0.15) is 8.75 Å². The Labute approximate surface area is 119 Å². The third-order valence-corrected chi connectivity index (χ3v) is 3.74. The van der Waals surface area contributed by atoms with Crippen molar-refractivity contribution < 1.29 is 8.83 Å². The van der Waals surface area contributed by atoms with E-state index >= 15 is 0 Å². The number of furan rings is 2. The Balaban J connectivity index is 1.98. The summed E-state index contributed by atoms with van der Waals surface area (Å²) in [5, 5.41) is 0. The molecule has 0 aliphatic rings. The number of hydrogen-bond acceptors (Lipinski definition) is 5. The predicted octanol–water partition coefficient (Wildman–Crippen LogP) is 4.52. The van der Waals surface area contributed by atoms with Crippen molar-refractivity contribution in [3.63, 3.8) is 0 Å². The third-order valence-electron chi connectivity index (χ3n) is 3.21. The minimum absolute atomic E-state index is 0.796. The van der Waals surface area contributed by atoms with E-state index in [1.807, 2.05) is 43.3 Å². The zero-order valence-corrected chi connectivity index (χ0v) is 11.5. The predicted molar refractivity (Wildman–Crippen MR) is 77.6 cm³/mol. The lowest BCUT2D eigenvalue weighted by Crippen LogP contribution is -1.83. The Bertz CT molecular complexity index is 874. The quantitative estimate of drug-likeness (QED) is 0.542. The van der Waals surface area contributed by atoms with Crippen LogP contribution in [0.1, 0.15) is 5.76 Å². The van der Waals surface area contributed by atoms with E-state index in [0.29, 0.717) is 0 Å². The van der Waals surface area contributed by atoms with Crippen molar-refractivity contribution in [2.75, 3.05) is 0 Å². The first-order valence-corrected chi connectivity index (χ1v) is 6.92. The molecule has 3 heterocycles. The van der Waals surface area contributed by atoms with Crippen molar-refractivity contribution in [3.05, 3.63) is 48.4 Å². The second-order valence-corrected chi connectivity index (χ2v) is 5.04. The fourth-order valence-electron chi connectivity index (χ4n) is 2.28. The summed E-state index contributed by atoms with van der Waals surface area (Å²) in [5.74, 6) is 2.49. The van der Waals surface area contributed by atoms with Crippen LogP contribution < -0.4 is 0 Å². The van der Waals surface area contributed by atoms with Crippen LogP contribution in [0.4, 0.5) is 0 Å². The molecule has 98 valence electrons. The lowest BCUT2D eigenvalue weighted by atomic mass is 10.1. The van der Waals surface area contributed by atoms with Crippen LogP contribution >= 0.6 is 11.7 Å².